The van der Waals surface area contributed by atoms with Crippen LogP contribution in [0.4, 0.5) is 0 Å². The highest BCUT2D eigenvalue weighted by Crippen LogP contribution is 2.21. The van der Waals surface area contributed by atoms with Crippen molar-refractivity contribution in [3.63, 3.8) is 0 Å². The summed E-state index contributed by atoms with van der Waals surface area (Å²) in [6.07, 6.45) is 6.03. The lowest BCUT2D eigenvalue weighted by atomic mass is 10.2. The van der Waals surface area contributed by atoms with Gasteiger partial charge in [0.15, 0.2) is 0 Å². The van der Waals surface area contributed by atoms with Crippen molar-refractivity contribution in [3.8, 4) is 0 Å². The van der Waals surface area contributed by atoms with Crippen LogP contribution >= 0.6 is 28.6 Å². The van der Waals surface area contributed by atoms with Gasteiger partial charge in [-0.05, 0) is 47.0 Å². The monoisotopic (exact) mass is 297 g/mol. The molecule has 0 aromatic heterocycles. The summed E-state index contributed by atoms with van der Waals surface area (Å²) in [5.41, 5.74) is 0.638. The van der Waals surface area contributed by atoms with E-state index in [4.69, 9.17) is 0 Å². The van der Waals surface area contributed by atoms with Crippen molar-refractivity contribution in [2.75, 3.05) is 0 Å². The molecule has 84 valence electrons. The average molecular weight is 298 g/mol. The van der Waals surface area contributed by atoms with Gasteiger partial charge >= 0.3 is 0 Å². The molecule has 1 aromatic carbocycles. The van der Waals surface area contributed by atoms with Gasteiger partial charge in [0.05, 0.1) is 5.56 Å². The molecule has 0 radical (unpaired) electrons. The Labute approximate surface area is 109 Å². The van der Waals surface area contributed by atoms with Crippen molar-refractivity contribution in [3.05, 3.63) is 40.4 Å². The predicted octanol–water partition coefficient (Wildman–Crippen LogP) is 3.19. The van der Waals surface area contributed by atoms with E-state index in [0.717, 1.165) is 22.2 Å². The van der Waals surface area contributed by atoms with Crippen molar-refractivity contribution in [1.82, 2.24) is 5.32 Å². The SMILES string of the molecule is O=C(NC1CC=CC1)c1cc(S)ccc1Br. The zero-order valence-corrected chi connectivity index (χ0v) is 11.1. The van der Waals surface area contributed by atoms with E-state index in [9.17, 15) is 4.79 Å². The van der Waals surface area contributed by atoms with Crippen molar-refractivity contribution in [2.24, 2.45) is 0 Å². The van der Waals surface area contributed by atoms with E-state index >= 15 is 0 Å². The Morgan fingerprint density at radius 1 is 1.38 bits per heavy atom. The van der Waals surface area contributed by atoms with Gasteiger partial charge in [-0.2, -0.15) is 0 Å². The number of hydrogen-bond donors (Lipinski definition) is 2. The predicted molar refractivity (Wildman–Crippen MR) is 71.0 cm³/mol. The van der Waals surface area contributed by atoms with Gasteiger partial charge in [0.1, 0.15) is 0 Å². The topological polar surface area (TPSA) is 29.1 Å². The van der Waals surface area contributed by atoms with Crippen LogP contribution < -0.4 is 5.32 Å². The molecule has 1 amide bonds. The van der Waals surface area contributed by atoms with E-state index in [-0.39, 0.29) is 11.9 Å². The summed E-state index contributed by atoms with van der Waals surface area (Å²) in [5, 5.41) is 3.00. The quantitative estimate of drug-likeness (QED) is 0.637. The molecular weight excluding hydrogens is 286 g/mol. The Balaban J connectivity index is 2.10. The molecule has 0 bridgehead atoms. The molecule has 1 N–H and O–H groups in total. The van der Waals surface area contributed by atoms with Gasteiger partial charge in [0.25, 0.3) is 5.91 Å². The van der Waals surface area contributed by atoms with Gasteiger partial charge in [-0.15, -0.1) is 12.6 Å². The highest BCUT2D eigenvalue weighted by atomic mass is 79.9. The van der Waals surface area contributed by atoms with Crippen LogP contribution in [-0.2, 0) is 0 Å². The van der Waals surface area contributed by atoms with Crippen LogP contribution in [0.5, 0.6) is 0 Å². The van der Waals surface area contributed by atoms with Crippen LogP contribution in [0.15, 0.2) is 39.7 Å². The standard InChI is InChI=1S/C12H12BrNOS/c13-11-6-5-9(16)7-10(11)12(15)14-8-3-1-2-4-8/h1-2,5-8,16H,3-4H2,(H,14,15). The zero-order valence-electron chi connectivity index (χ0n) is 8.61. The van der Waals surface area contributed by atoms with Gasteiger partial charge in [0, 0.05) is 15.4 Å². The van der Waals surface area contributed by atoms with Gasteiger partial charge in [0.2, 0.25) is 0 Å². The smallest absolute Gasteiger partial charge is 0.252 e. The number of amides is 1. The first kappa shape index (κ1) is 11.7. The van der Waals surface area contributed by atoms with Crippen LogP contribution in [0.25, 0.3) is 0 Å². The summed E-state index contributed by atoms with van der Waals surface area (Å²) < 4.78 is 0.800. The first-order valence-corrected chi connectivity index (χ1v) is 6.35. The van der Waals surface area contributed by atoms with Crippen molar-refractivity contribution >= 4 is 34.5 Å². The van der Waals surface area contributed by atoms with Gasteiger partial charge in [-0.3, -0.25) is 4.79 Å². The van der Waals surface area contributed by atoms with Gasteiger partial charge in [-0.25, -0.2) is 0 Å². The second kappa shape index (κ2) is 5.06. The Hall–Kier alpha value is -0.740. The van der Waals surface area contributed by atoms with Crippen LogP contribution in [0.3, 0.4) is 0 Å². The largest absolute Gasteiger partial charge is 0.349 e. The summed E-state index contributed by atoms with van der Waals surface area (Å²) >= 11 is 7.60. The summed E-state index contributed by atoms with van der Waals surface area (Å²) in [5.74, 6) is -0.0449. The Morgan fingerprint density at radius 3 is 2.75 bits per heavy atom. The highest BCUT2D eigenvalue weighted by molar-refractivity contribution is 9.10. The Bertz CT molecular complexity index is 437. The maximum atomic E-state index is 12.0. The van der Waals surface area contributed by atoms with Crippen LogP contribution in [0.1, 0.15) is 23.2 Å². The normalized spacial score (nSPS) is 15.4. The molecule has 0 saturated heterocycles. The minimum atomic E-state index is -0.0449. The fourth-order valence-electron chi connectivity index (χ4n) is 1.69. The minimum Gasteiger partial charge on any atom is -0.349 e. The van der Waals surface area contributed by atoms with Crippen molar-refractivity contribution in [2.45, 2.75) is 23.8 Å². The highest BCUT2D eigenvalue weighted by Gasteiger charge is 2.16. The van der Waals surface area contributed by atoms with Gasteiger partial charge in [-0.1, -0.05) is 12.2 Å². The maximum Gasteiger partial charge on any atom is 0.252 e. The third kappa shape index (κ3) is 2.68. The van der Waals surface area contributed by atoms with Crippen LogP contribution in [0.2, 0.25) is 0 Å². The summed E-state index contributed by atoms with van der Waals surface area (Å²) in [6.45, 7) is 0. The molecule has 0 spiro atoms. The van der Waals surface area contributed by atoms with Crippen LogP contribution in [-0.4, -0.2) is 11.9 Å². The molecule has 16 heavy (non-hydrogen) atoms. The third-order valence-electron chi connectivity index (χ3n) is 2.54. The number of carbonyl (C=O) groups excluding carboxylic acids is 1. The number of halogens is 1. The first-order chi connectivity index (χ1) is 7.66. The second-order valence-corrected chi connectivity index (χ2v) is 5.15. The molecule has 0 saturated carbocycles. The molecule has 4 heteroatoms. The van der Waals surface area contributed by atoms with Crippen molar-refractivity contribution < 1.29 is 4.79 Å². The van der Waals surface area contributed by atoms with E-state index in [2.05, 4.69) is 46.0 Å². The number of hydrogen-bond acceptors (Lipinski definition) is 2. The molecule has 1 aliphatic carbocycles. The fraction of sp³-hybridized carbons (Fsp3) is 0.250. The number of thiol groups is 1. The lowest BCUT2D eigenvalue weighted by Gasteiger charge is -2.13. The van der Waals surface area contributed by atoms with E-state index < -0.39 is 0 Å². The fourth-order valence-corrected chi connectivity index (χ4v) is 2.32. The first-order valence-electron chi connectivity index (χ1n) is 5.11. The maximum absolute atomic E-state index is 12.0. The van der Waals surface area contributed by atoms with E-state index in [1.54, 1.807) is 6.07 Å². The molecule has 0 fully saturated rings. The molecule has 2 nitrogen and oxygen atoms in total. The minimum absolute atomic E-state index is 0.0449. The third-order valence-corrected chi connectivity index (χ3v) is 3.51. The molecular formula is C12H12BrNOS. The molecule has 2 rings (SSSR count). The van der Waals surface area contributed by atoms with E-state index in [1.165, 1.54) is 0 Å². The lowest BCUT2D eigenvalue weighted by molar-refractivity contribution is 0.0938. The summed E-state index contributed by atoms with van der Waals surface area (Å²) in [7, 11) is 0. The Kier molecular flexibility index (Phi) is 3.71. The molecule has 1 aliphatic rings. The molecule has 0 heterocycles. The number of carbonyl (C=O) groups is 1. The van der Waals surface area contributed by atoms with Crippen LogP contribution in [0, 0.1) is 0 Å². The van der Waals surface area contributed by atoms with Crippen molar-refractivity contribution in [1.29, 1.82) is 0 Å². The average Bonchev–Trinajstić information content (AvgIpc) is 2.74. The summed E-state index contributed by atoms with van der Waals surface area (Å²) in [6, 6.07) is 5.69. The zero-order chi connectivity index (χ0) is 11.5. The van der Waals surface area contributed by atoms with E-state index in [1.807, 2.05) is 12.1 Å². The lowest BCUT2D eigenvalue weighted by Crippen LogP contribution is -2.33. The number of rotatable bonds is 2. The second-order valence-electron chi connectivity index (χ2n) is 3.78. The number of benzene rings is 1. The molecule has 0 aliphatic heterocycles. The number of nitrogens with one attached hydrogen (secondary N) is 1. The van der Waals surface area contributed by atoms with E-state index in [0.29, 0.717) is 5.56 Å². The molecule has 0 atom stereocenters. The van der Waals surface area contributed by atoms with Gasteiger partial charge < -0.3 is 5.32 Å². The summed E-state index contributed by atoms with van der Waals surface area (Å²) in [4.78, 5) is 12.8. The molecule has 1 aromatic rings. The Morgan fingerprint density at radius 2 is 2.06 bits per heavy atom. The molecule has 0 unspecified atom stereocenters.